The molecule has 0 aliphatic rings. The Labute approximate surface area is 127 Å². The van der Waals surface area contributed by atoms with Crippen LogP contribution in [-0.2, 0) is 23.1 Å². The SMILES string of the molecule is CN(Cc1ccc(F)cc1)C(=O)COC(=O)c1cccn1C. The summed E-state index contributed by atoms with van der Waals surface area (Å²) in [5, 5.41) is 0. The maximum absolute atomic E-state index is 12.8. The molecule has 0 unspecified atom stereocenters. The number of ether oxygens (including phenoxy) is 1. The molecule has 0 saturated carbocycles. The van der Waals surface area contributed by atoms with E-state index in [4.69, 9.17) is 4.74 Å². The first-order valence-corrected chi connectivity index (χ1v) is 6.74. The number of halogens is 1. The zero-order valence-electron chi connectivity index (χ0n) is 12.5. The van der Waals surface area contributed by atoms with Gasteiger partial charge in [0, 0.05) is 26.8 Å². The number of benzene rings is 1. The Hall–Kier alpha value is -2.63. The predicted octanol–water partition coefficient (Wildman–Crippen LogP) is 1.98. The Kier molecular flexibility index (Phi) is 4.93. The standard InChI is InChI=1S/C16H17FN2O3/c1-18-9-3-4-14(18)16(21)22-11-15(20)19(2)10-12-5-7-13(17)8-6-12/h3-9H,10-11H2,1-2H3. The summed E-state index contributed by atoms with van der Waals surface area (Å²) in [4.78, 5) is 25.2. The van der Waals surface area contributed by atoms with Gasteiger partial charge >= 0.3 is 5.97 Å². The first kappa shape index (κ1) is 15.8. The second-order valence-electron chi connectivity index (χ2n) is 4.96. The normalized spacial score (nSPS) is 10.3. The van der Waals surface area contributed by atoms with Gasteiger partial charge in [-0.2, -0.15) is 0 Å². The van der Waals surface area contributed by atoms with Crippen LogP contribution in [0, 0.1) is 5.82 Å². The van der Waals surface area contributed by atoms with Gasteiger partial charge in [-0.25, -0.2) is 9.18 Å². The van der Waals surface area contributed by atoms with Gasteiger partial charge in [0.05, 0.1) is 0 Å². The largest absolute Gasteiger partial charge is 0.451 e. The van der Waals surface area contributed by atoms with Crippen molar-refractivity contribution in [1.82, 2.24) is 9.47 Å². The molecule has 1 aromatic carbocycles. The van der Waals surface area contributed by atoms with E-state index in [1.807, 2.05) is 0 Å². The summed E-state index contributed by atoms with van der Waals surface area (Å²) in [5.74, 6) is -1.20. The third-order valence-electron chi connectivity index (χ3n) is 3.24. The van der Waals surface area contributed by atoms with Crippen LogP contribution in [0.5, 0.6) is 0 Å². The van der Waals surface area contributed by atoms with Crippen LogP contribution in [0.15, 0.2) is 42.6 Å². The van der Waals surface area contributed by atoms with Crippen LogP contribution in [-0.4, -0.2) is 35.0 Å². The van der Waals surface area contributed by atoms with E-state index in [-0.39, 0.29) is 18.3 Å². The van der Waals surface area contributed by atoms with Crippen molar-refractivity contribution >= 4 is 11.9 Å². The Morgan fingerprint density at radius 2 is 1.91 bits per heavy atom. The number of esters is 1. The van der Waals surface area contributed by atoms with Crippen LogP contribution in [0.25, 0.3) is 0 Å². The summed E-state index contributed by atoms with van der Waals surface area (Å²) in [5.41, 5.74) is 1.18. The average Bonchev–Trinajstić information content (AvgIpc) is 2.93. The molecule has 2 rings (SSSR count). The zero-order valence-corrected chi connectivity index (χ0v) is 12.5. The lowest BCUT2D eigenvalue weighted by Gasteiger charge is -2.17. The molecule has 0 bridgehead atoms. The van der Waals surface area contributed by atoms with Crippen molar-refractivity contribution in [3.05, 3.63) is 59.7 Å². The molecule has 2 aromatic rings. The van der Waals surface area contributed by atoms with E-state index < -0.39 is 5.97 Å². The summed E-state index contributed by atoms with van der Waals surface area (Å²) in [7, 11) is 3.32. The smallest absolute Gasteiger partial charge is 0.355 e. The molecule has 0 aliphatic heterocycles. The van der Waals surface area contributed by atoms with Crippen LogP contribution in [0.4, 0.5) is 4.39 Å². The fourth-order valence-electron chi connectivity index (χ4n) is 1.94. The third-order valence-corrected chi connectivity index (χ3v) is 3.24. The van der Waals surface area contributed by atoms with E-state index in [1.54, 1.807) is 49.1 Å². The van der Waals surface area contributed by atoms with Crippen molar-refractivity contribution in [3.8, 4) is 0 Å². The summed E-state index contributed by atoms with van der Waals surface area (Å²) < 4.78 is 19.4. The molecular formula is C16H17FN2O3. The number of carbonyl (C=O) groups excluding carboxylic acids is 2. The molecule has 6 heteroatoms. The molecule has 1 heterocycles. The summed E-state index contributed by atoms with van der Waals surface area (Å²) in [6.07, 6.45) is 1.72. The van der Waals surface area contributed by atoms with Crippen molar-refractivity contribution in [1.29, 1.82) is 0 Å². The van der Waals surface area contributed by atoms with Crippen LogP contribution in [0.1, 0.15) is 16.1 Å². The van der Waals surface area contributed by atoms with E-state index in [0.29, 0.717) is 12.2 Å². The molecule has 1 aromatic heterocycles. The number of hydrogen-bond acceptors (Lipinski definition) is 3. The Bertz CT molecular complexity index is 664. The molecular weight excluding hydrogens is 287 g/mol. The number of aryl methyl sites for hydroxylation is 1. The lowest BCUT2D eigenvalue weighted by atomic mass is 10.2. The van der Waals surface area contributed by atoms with Gasteiger partial charge in [0.15, 0.2) is 6.61 Å². The maximum atomic E-state index is 12.8. The van der Waals surface area contributed by atoms with Gasteiger partial charge in [-0.1, -0.05) is 12.1 Å². The number of likely N-dealkylation sites (N-methyl/N-ethyl adjacent to an activating group) is 1. The minimum atomic E-state index is -0.545. The third kappa shape index (κ3) is 3.94. The van der Waals surface area contributed by atoms with Crippen molar-refractivity contribution in [3.63, 3.8) is 0 Å². The molecule has 0 atom stereocenters. The summed E-state index contributed by atoms with van der Waals surface area (Å²) in [6, 6.07) is 9.23. The number of hydrogen-bond donors (Lipinski definition) is 0. The number of aromatic nitrogens is 1. The molecule has 0 N–H and O–H groups in total. The second kappa shape index (κ2) is 6.89. The van der Waals surface area contributed by atoms with Crippen LogP contribution < -0.4 is 0 Å². The minimum Gasteiger partial charge on any atom is -0.451 e. The van der Waals surface area contributed by atoms with E-state index >= 15 is 0 Å². The second-order valence-corrected chi connectivity index (χ2v) is 4.96. The lowest BCUT2D eigenvalue weighted by Crippen LogP contribution is -2.31. The molecule has 1 amide bonds. The molecule has 0 spiro atoms. The van der Waals surface area contributed by atoms with Crippen LogP contribution in [0.2, 0.25) is 0 Å². The minimum absolute atomic E-state index is 0.320. The van der Waals surface area contributed by atoms with Crippen molar-refractivity contribution in [2.24, 2.45) is 7.05 Å². The first-order chi connectivity index (χ1) is 10.5. The predicted molar refractivity (Wildman–Crippen MR) is 78.6 cm³/mol. The number of amides is 1. The summed E-state index contributed by atoms with van der Waals surface area (Å²) >= 11 is 0. The number of nitrogens with zero attached hydrogens (tertiary/aromatic N) is 2. The van der Waals surface area contributed by atoms with Crippen molar-refractivity contribution in [2.75, 3.05) is 13.7 Å². The van der Waals surface area contributed by atoms with Gasteiger partial charge in [0.25, 0.3) is 5.91 Å². The number of carbonyl (C=O) groups is 2. The highest BCUT2D eigenvalue weighted by atomic mass is 19.1. The van der Waals surface area contributed by atoms with E-state index in [1.165, 1.54) is 17.0 Å². The van der Waals surface area contributed by atoms with Crippen molar-refractivity contribution in [2.45, 2.75) is 6.54 Å². The highest BCUT2D eigenvalue weighted by Crippen LogP contribution is 2.06. The van der Waals surface area contributed by atoms with Gasteiger partial charge in [-0.05, 0) is 29.8 Å². The van der Waals surface area contributed by atoms with Gasteiger partial charge in [0.2, 0.25) is 0 Å². The molecule has 0 fully saturated rings. The topological polar surface area (TPSA) is 51.5 Å². The maximum Gasteiger partial charge on any atom is 0.355 e. The lowest BCUT2D eigenvalue weighted by molar-refractivity contribution is -0.133. The van der Waals surface area contributed by atoms with Crippen LogP contribution >= 0.6 is 0 Å². The molecule has 0 aliphatic carbocycles. The Morgan fingerprint density at radius 1 is 1.23 bits per heavy atom. The first-order valence-electron chi connectivity index (χ1n) is 6.74. The van der Waals surface area contributed by atoms with Gasteiger partial charge in [-0.3, -0.25) is 4.79 Å². The van der Waals surface area contributed by atoms with Crippen molar-refractivity contribution < 1.29 is 18.7 Å². The molecule has 0 radical (unpaired) electrons. The Balaban J connectivity index is 1.85. The fraction of sp³-hybridized carbons (Fsp3) is 0.250. The fourth-order valence-corrected chi connectivity index (χ4v) is 1.94. The molecule has 0 saturated heterocycles. The highest BCUT2D eigenvalue weighted by Gasteiger charge is 2.15. The molecule has 22 heavy (non-hydrogen) atoms. The molecule has 5 nitrogen and oxygen atoms in total. The Morgan fingerprint density at radius 3 is 2.50 bits per heavy atom. The monoisotopic (exact) mass is 304 g/mol. The zero-order chi connectivity index (χ0) is 16.1. The molecule has 116 valence electrons. The van der Waals surface area contributed by atoms with Gasteiger partial charge in [0.1, 0.15) is 11.5 Å². The quantitative estimate of drug-likeness (QED) is 0.794. The average molecular weight is 304 g/mol. The summed E-state index contributed by atoms with van der Waals surface area (Å²) in [6.45, 7) is -0.0114. The van der Waals surface area contributed by atoms with Crippen LogP contribution in [0.3, 0.4) is 0 Å². The van der Waals surface area contributed by atoms with E-state index in [9.17, 15) is 14.0 Å². The number of rotatable bonds is 5. The highest BCUT2D eigenvalue weighted by molar-refractivity contribution is 5.89. The van der Waals surface area contributed by atoms with E-state index in [2.05, 4.69) is 0 Å². The van der Waals surface area contributed by atoms with Gasteiger partial charge < -0.3 is 14.2 Å². The van der Waals surface area contributed by atoms with E-state index in [0.717, 1.165) is 5.56 Å². The van der Waals surface area contributed by atoms with Gasteiger partial charge in [-0.15, -0.1) is 0 Å².